The van der Waals surface area contributed by atoms with E-state index in [1.54, 1.807) is 11.3 Å². The second-order valence-electron chi connectivity index (χ2n) is 7.02. The van der Waals surface area contributed by atoms with Crippen LogP contribution in [0.15, 0.2) is 59.6 Å². The summed E-state index contributed by atoms with van der Waals surface area (Å²) in [4.78, 5) is 5.94. The second kappa shape index (κ2) is 7.56. The number of aromatic nitrogens is 3. The molecule has 30 heavy (non-hydrogen) atoms. The van der Waals surface area contributed by atoms with Crippen molar-refractivity contribution >= 4 is 28.6 Å². The Morgan fingerprint density at radius 3 is 2.50 bits per heavy atom. The molecule has 0 aliphatic carbocycles. The number of aryl methyl sites for hydroxylation is 1. The number of aliphatic imine (C=N–C) groups is 1. The maximum absolute atomic E-state index is 6.12. The van der Waals surface area contributed by atoms with Crippen molar-refractivity contribution in [2.24, 2.45) is 4.99 Å². The Hall–Kier alpha value is -3.20. The summed E-state index contributed by atoms with van der Waals surface area (Å²) in [6.07, 6.45) is 0. The van der Waals surface area contributed by atoms with Crippen LogP contribution in [0.2, 0.25) is 5.02 Å². The van der Waals surface area contributed by atoms with E-state index in [-0.39, 0.29) is 0 Å². The third-order valence-electron chi connectivity index (χ3n) is 5.05. The lowest BCUT2D eigenvalue weighted by Gasteiger charge is -2.09. The summed E-state index contributed by atoms with van der Waals surface area (Å²) in [7, 11) is 0. The maximum atomic E-state index is 6.12. The number of thiophene rings is 1. The summed E-state index contributed by atoms with van der Waals surface area (Å²) in [5.74, 6) is 8.34. The molecule has 0 saturated heterocycles. The zero-order valence-electron chi connectivity index (χ0n) is 16.5. The van der Waals surface area contributed by atoms with E-state index in [1.807, 2.05) is 61.5 Å². The monoisotopic (exact) mass is 428 g/mol. The van der Waals surface area contributed by atoms with Crippen LogP contribution in [0.25, 0.3) is 5.00 Å². The molecule has 5 rings (SSSR count). The molecule has 0 fully saturated rings. The molecule has 0 atom stereocenters. The van der Waals surface area contributed by atoms with Gasteiger partial charge in [-0.05, 0) is 43.7 Å². The minimum Gasteiger partial charge on any atom is -0.276 e. The van der Waals surface area contributed by atoms with Gasteiger partial charge in [-0.3, -0.25) is 9.56 Å². The minimum atomic E-state index is 0.477. The third kappa shape index (κ3) is 3.24. The Kier molecular flexibility index (Phi) is 4.74. The number of fused-ring (bicyclic) bond motifs is 3. The van der Waals surface area contributed by atoms with Gasteiger partial charge in [-0.2, -0.15) is 0 Å². The summed E-state index contributed by atoms with van der Waals surface area (Å²) in [5, 5.41) is 10.4. The van der Waals surface area contributed by atoms with Crippen molar-refractivity contribution in [2.75, 3.05) is 0 Å². The molecule has 0 radical (unpaired) electrons. The van der Waals surface area contributed by atoms with E-state index < -0.39 is 0 Å². The Labute approximate surface area is 183 Å². The van der Waals surface area contributed by atoms with Crippen LogP contribution in [0.1, 0.15) is 38.8 Å². The van der Waals surface area contributed by atoms with Crippen molar-refractivity contribution in [3.63, 3.8) is 0 Å². The zero-order chi connectivity index (χ0) is 20.7. The highest BCUT2D eigenvalue weighted by Gasteiger charge is 2.27. The Morgan fingerprint density at radius 1 is 0.967 bits per heavy atom. The first kappa shape index (κ1) is 18.8. The molecule has 4 aromatic rings. The average molecular weight is 429 g/mol. The lowest BCUT2D eigenvalue weighted by Crippen LogP contribution is -2.07. The van der Waals surface area contributed by atoms with Gasteiger partial charge in [-0.1, -0.05) is 53.8 Å². The number of hydrogen-bond acceptors (Lipinski definition) is 4. The molecule has 0 saturated carbocycles. The molecule has 0 unspecified atom stereocenters. The van der Waals surface area contributed by atoms with Crippen molar-refractivity contribution in [1.29, 1.82) is 0 Å². The van der Waals surface area contributed by atoms with Crippen molar-refractivity contribution in [2.45, 2.75) is 20.4 Å². The Bertz CT molecular complexity index is 1340. The van der Waals surface area contributed by atoms with E-state index in [0.717, 1.165) is 49.5 Å². The van der Waals surface area contributed by atoms with Crippen LogP contribution < -0.4 is 0 Å². The van der Waals surface area contributed by atoms with Gasteiger partial charge in [0.1, 0.15) is 17.4 Å². The molecule has 0 spiro atoms. The number of rotatable bonds is 1. The molecule has 1 aliphatic heterocycles. The quantitative estimate of drug-likeness (QED) is 0.383. The summed E-state index contributed by atoms with van der Waals surface area (Å²) in [6, 6.07) is 17.8. The van der Waals surface area contributed by atoms with Crippen molar-refractivity contribution in [3.05, 3.63) is 98.4 Å². The van der Waals surface area contributed by atoms with Crippen LogP contribution in [0, 0.1) is 25.7 Å². The first-order valence-corrected chi connectivity index (χ1v) is 10.7. The van der Waals surface area contributed by atoms with Gasteiger partial charge in [0.25, 0.3) is 0 Å². The number of nitrogens with zero attached hydrogens (tertiary/aromatic N) is 4. The molecule has 6 heteroatoms. The molecule has 1 aliphatic rings. The highest BCUT2D eigenvalue weighted by atomic mass is 35.5. The van der Waals surface area contributed by atoms with Crippen LogP contribution in [-0.2, 0) is 6.54 Å². The highest BCUT2D eigenvalue weighted by molar-refractivity contribution is 7.15. The van der Waals surface area contributed by atoms with Crippen molar-refractivity contribution in [1.82, 2.24) is 14.8 Å². The van der Waals surface area contributed by atoms with E-state index in [2.05, 4.69) is 33.5 Å². The molecule has 4 nitrogen and oxygen atoms in total. The molecule has 2 aromatic carbocycles. The third-order valence-corrected chi connectivity index (χ3v) is 6.49. The fourth-order valence-electron chi connectivity index (χ4n) is 3.55. The summed E-state index contributed by atoms with van der Waals surface area (Å²) >= 11 is 7.78. The van der Waals surface area contributed by atoms with Gasteiger partial charge >= 0.3 is 0 Å². The van der Waals surface area contributed by atoms with Crippen LogP contribution in [0.5, 0.6) is 0 Å². The standard InChI is InChI=1S/C24H17ClN4S/c1-15-20(13-8-17-6-4-3-5-7-17)30-24-22(15)23(18-9-11-19(25)12-10-18)26-14-21-28-27-16(2)29(21)24/h3-7,9-12H,14H2,1-2H3. The second-order valence-corrected chi connectivity index (χ2v) is 8.46. The van der Waals surface area contributed by atoms with Crippen LogP contribution in [-0.4, -0.2) is 20.5 Å². The predicted molar refractivity (Wildman–Crippen MR) is 122 cm³/mol. The van der Waals surface area contributed by atoms with Gasteiger partial charge in [0.05, 0.1) is 10.6 Å². The Morgan fingerprint density at radius 2 is 1.73 bits per heavy atom. The number of benzene rings is 2. The van der Waals surface area contributed by atoms with E-state index in [1.165, 1.54) is 0 Å². The molecule has 146 valence electrons. The van der Waals surface area contributed by atoms with Gasteiger partial charge in [0.2, 0.25) is 0 Å². The first-order chi connectivity index (χ1) is 14.6. The Balaban J connectivity index is 1.71. The summed E-state index contributed by atoms with van der Waals surface area (Å²) < 4.78 is 2.10. The SMILES string of the molecule is Cc1c(C#Cc2ccccc2)sc2c1C(c1ccc(Cl)cc1)=NCc1nnc(C)n1-2. The smallest absolute Gasteiger partial charge is 0.160 e. The molecule has 0 amide bonds. The number of hydrogen-bond donors (Lipinski definition) is 0. The van der Waals surface area contributed by atoms with E-state index in [4.69, 9.17) is 16.6 Å². The highest BCUT2D eigenvalue weighted by Crippen LogP contribution is 2.36. The van der Waals surface area contributed by atoms with Gasteiger partial charge in [0, 0.05) is 21.7 Å². The first-order valence-electron chi connectivity index (χ1n) is 9.54. The molecule has 2 aromatic heterocycles. The van der Waals surface area contributed by atoms with E-state index >= 15 is 0 Å². The van der Waals surface area contributed by atoms with E-state index in [0.29, 0.717) is 11.6 Å². The van der Waals surface area contributed by atoms with Crippen molar-refractivity contribution in [3.8, 4) is 16.8 Å². The summed E-state index contributed by atoms with van der Waals surface area (Å²) in [6.45, 7) is 4.56. The van der Waals surface area contributed by atoms with E-state index in [9.17, 15) is 0 Å². The van der Waals surface area contributed by atoms with Gasteiger partial charge in [0.15, 0.2) is 5.82 Å². The largest absolute Gasteiger partial charge is 0.276 e. The maximum Gasteiger partial charge on any atom is 0.160 e. The van der Waals surface area contributed by atoms with Crippen LogP contribution in [0.4, 0.5) is 0 Å². The minimum absolute atomic E-state index is 0.477. The summed E-state index contributed by atoms with van der Waals surface area (Å²) in [5.41, 5.74) is 5.16. The topological polar surface area (TPSA) is 43.1 Å². The molecule has 0 N–H and O–H groups in total. The fourth-order valence-corrected chi connectivity index (χ4v) is 4.91. The lowest BCUT2D eigenvalue weighted by molar-refractivity contribution is 0.869. The zero-order valence-corrected chi connectivity index (χ0v) is 18.1. The van der Waals surface area contributed by atoms with Crippen LogP contribution in [0.3, 0.4) is 0 Å². The van der Waals surface area contributed by atoms with Gasteiger partial charge in [-0.25, -0.2) is 0 Å². The normalized spacial score (nSPS) is 12.3. The molecular weight excluding hydrogens is 412 g/mol. The van der Waals surface area contributed by atoms with Gasteiger partial charge in [-0.15, -0.1) is 21.5 Å². The fraction of sp³-hybridized carbons (Fsp3) is 0.125. The molecule has 0 bridgehead atoms. The van der Waals surface area contributed by atoms with Crippen LogP contribution >= 0.6 is 22.9 Å². The average Bonchev–Trinajstić information content (AvgIpc) is 3.22. The molecule has 3 heterocycles. The number of halogens is 1. The molecular formula is C24H17ClN4S. The lowest BCUT2D eigenvalue weighted by atomic mass is 10.00. The van der Waals surface area contributed by atoms with Crippen molar-refractivity contribution < 1.29 is 0 Å². The predicted octanol–water partition coefficient (Wildman–Crippen LogP) is 5.35. The van der Waals surface area contributed by atoms with Gasteiger partial charge < -0.3 is 0 Å².